The molecule has 1 aromatic rings. The maximum atomic E-state index is 13.0. The van der Waals surface area contributed by atoms with Crippen LogP contribution in [0.2, 0.25) is 0 Å². The fourth-order valence-corrected chi connectivity index (χ4v) is 3.72. The molecule has 0 heterocycles. The standard InChI is InChI=1S/C23H37NO3S/c1-7-9-13-20(22(26)27-23(4,5)6)24-21(25)19(16-28-8-2)15-18-12-10-11-17(3)14-18/h10-12,14,19-20H,7-9,13,15-16H2,1-6H3,(H,24,25)/t19-,20+/m1/s1. The lowest BCUT2D eigenvalue weighted by molar-refractivity contribution is -0.159. The van der Waals surface area contributed by atoms with Crippen LogP contribution in [-0.4, -0.2) is 35.0 Å². The smallest absolute Gasteiger partial charge is 0.329 e. The Morgan fingerprint density at radius 3 is 2.50 bits per heavy atom. The van der Waals surface area contributed by atoms with Gasteiger partial charge >= 0.3 is 5.97 Å². The van der Waals surface area contributed by atoms with E-state index in [1.54, 1.807) is 11.8 Å². The summed E-state index contributed by atoms with van der Waals surface area (Å²) < 4.78 is 5.53. The molecular formula is C23H37NO3S. The Labute approximate surface area is 175 Å². The zero-order chi connectivity index (χ0) is 21.2. The van der Waals surface area contributed by atoms with E-state index in [-0.39, 0.29) is 17.8 Å². The number of amides is 1. The highest BCUT2D eigenvalue weighted by molar-refractivity contribution is 7.99. The molecule has 4 nitrogen and oxygen atoms in total. The van der Waals surface area contributed by atoms with Crippen LogP contribution in [0.25, 0.3) is 0 Å². The average molecular weight is 408 g/mol. The lowest BCUT2D eigenvalue weighted by Crippen LogP contribution is -2.47. The van der Waals surface area contributed by atoms with Crippen LogP contribution in [0.5, 0.6) is 0 Å². The SMILES string of the molecule is CCCC[C@H](NC(=O)[C@@H](CSCC)Cc1cccc(C)c1)C(=O)OC(C)(C)C. The number of thioether (sulfide) groups is 1. The van der Waals surface area contributed by atoms with Crippen molar-refractivity contribution >= 4 is 23.6 Å². The Kier molecular flexibility index (Phi) is 10.7. The first kappa shape index (κ1) is 24.5. The number of unbranched alkanes of at least 4 members (excludes halogenated alkanes) is 1. The Bertz CT molecular complexity index is 625. The third kappa shape index (κ3) is 9.63. The van der Waals surface area contributed by atoms with Crippen LogP contribution in [0.15, 0.2) is 24.3 Å². The molecule has 1 aromatic carbocycles. The minimum Gasteiger partial charge on any atom is -0.458 e. The van der Waals surface area contributed by atoms with Crippen molar-refractivity contribution in [3.05, 3.63) is 35.4 Å². The van der Waals surface area contributed by atoms with Crippen molar-refractivity contribution in [3.8, 4) is 0 Å². The number of carbonyl (C=O) groups is 2. The molecule has 0 fully saturated rings. The monoisotopic (exact) mass is 407 g/mol. The van der Waals surface area contributed by atoms with Gasteiger partial charge in [0.15, 0.2) is 0 Å². The summed E-state index contributed by atoms with van der Waals surface area (Å²) in [5.41, 5.74) is 1.78. The van der Waals surface area contributed by atoms with Crippen LogP contribution >= 0.6 is 11.8 Å². The van der Waals surface area contributed by atoms with Gasteiger partial charge in [-0.05, 0) is 51.9 Å². The van der Waals surface area contributed by atoms with Gasteiger partial charge in [-0.1, -0.05) is 56.5 Å². The van der Waals surface area contributed by atoms with Gasteiger partial charge in [-0.2, -0.15) is 11.8 Å². The van der Waals surface area contributed by atoms with Gasteiger partial charge in [0.1, 0.15) is 11.6 Å². The van der Waals surface area contributed by atoms with Crippen LogP contribution in [0.3, 0.4) is 0 Å². The zero-order valence-corrected chi connectivity index (χ0v) is 19.2. The van der Waals surface area contributed by atoms with E-state index in [1.165, 1.54) is 5.56 Å². The number of ether oxygens (including phenoxy) is 1. The molecule has 2 atom stereocenters. The summed E-state index contributed by atoms with van der Waals surface area (Å²) in [7, 11) is 0. The third-order valence-corrected chi connectivity index (χ3v) is 5.36. The largest absolute Gasteiger partial charge is 0.458 e. The van der Waals surface area contributed by atoms with Gasteiger partial charge < -0.3 is 10.1 Å². The van der Waals surface area contributed by atoms with Crippen LogP contribution in [0.1, 0.15) is 65.0 Å². The molecule has 0 bridgehead atoms. The normalized spacial score (nSPS) is 13.6. The molecule has 0 radical (unpaired) electrons. The van der Waals surface area contributed by atoms with Crippen LogP contribution in [0, 0.1) is 12.8 Å². The zero-order valence-electron chi connectivity index (χ0n) is 18.3. The van der Waals surface area contributed by atoms with Crippen molar-refractivity contribution < 1.29 is 14.3 Å². The van der Waals surface area contributed by atoms with Crippen LogP contribution in [-0.2, 0) is 20.7 Å². The van der Waals surface area contributed by atoms with E-state index in [0.29, 0.717) is 12.8 Å². The fourth-order valence-electron chi connectivity index (χ4n) is 2.93. The molecule has 0 spiro atoms. The summed E-state index contributed by atoms with van der Waals surface area (Å²) in [5.74, 6) is 1.13. The second-order valence-electron chi connectivity index (χ2n) is 8.29. The fraction of sp³-hybridized carbons (Fsp3) is 0.652. The van der Waals surface area contributed by atoms with E-state index < -0.39 is 11.6 Å². The lowest BCUT2D eigenvalue weighted by Gasteiger charge is -2.26. The number of hydrogen-bond acceptors (Lipinski definition) is 4. The molecule has 1 rings (SSSR count). The molecule has 1 amide bonds. The molecule has 28 heavy (non-hydrogen) atoms. The van der Waals surface area contributed by atoms with E-state index in [1.807, 2.05) is 26.8 Å². The Morgan fingerprint density at radius 1 is 1.21 bits per heavy atom. The summed E-state index contributed by atoms with van der Waals surface area (Å²) in [6, 6.07) is 7.68. The topological polar surface area (TPSA) is 55.4 Å². The summed E-state index contributed by atoms with van der Waals surface area (Å²) in [4.78, 5) is 25.6. The molecule has 0 saturated heterocycles. The quantitative estimate of drug-likeness (QED) is 0.529. The van der Waals surface area contributed by atoms with Gasteiger partial charge in [-0.15, -0.1) is 0 Å². The van der Waals surface area contributed by atoms with Crippen molar-refractivity contribution in [3.63, 3.8) is 0 Å². The number of benzene rings is 1. The van der Waals surface area contributed by atoms with Gasteiger partial charge in [0.2, 0.25) is 5.91 Å². The highest BCUT2D eigenvalue weighted by Gasteiger charge is 2.29. The first-order chi connectivity index (χ1) is 13.2. The Balaban J connectivity index is 2.88. The molecule has 158 valence electrons. The Hall–Kier alpha value is -1.49. The summed E-state index contributed by atoms with van der Waals surface area (Å²) >= 11 is 1.75. The first-order valence-corrected chi connectivity index (χ1v) is 11.5. The minimum atomic E-state index is -0.585. The van der Waals surface area contributed by atoms with E-state index in [0.717, 1.165) is 29.9 Å². The van der Waals surface area contributed by atoms with Crippen LogP contribution in [0.4, 0.5) is 0 Å². The molecule has 0 aromatic heterocycles. The summed E-state index contributed by atoms with van der Waals surface area (Å²) in [6.45, 7) is 11.8. The predicted molar refractivity (Wildman–Crippen MR) is 119 cm³/mol. The molecule has 0 unspecified atom stereocenters. The maximum absolute atomic E-state index is 13.0. The second-order valence-corrected chi connectivity index (χ2v) is 9.61. The lowest BCUT2D eigenvalue weighted by atomic mass is 9.98. The summed E-state index contributed by atoms with van der Waals surface area (Å²) in [6.07, 6.45) is 3.12. The molecule has 0 aliphatic heterocycles. The van der Waals surface area contributed by atoms with Gasteiger partial charge in [-0.3, -0.25) is 4.79 Å². The predicted octanol–water partition coefficient (Wildman–Crippen LogP) is 4.92. The molecule has 0 aliphatic carbocycles. The van der Waals surface area contributed by atoms with Crippen molar-refractivity contribution in [1.29, 1.82) is 0 Å². The Morgan fingerprint density at radius 2 is 1.93 bits per heavy atom. The van der Waals surface area contributed by atoms with Gasteiger partial charge in [0.05, 0.1) is 5.92 Å². The second kappa shape index (κ2) is 12.2. The summed E-state index contributed by atoms with van der Waals surface area (Å²) in [5, 5.41) is 2.99. The number of aryl methyl sites for hydroxylation is 1. The molecule has 0 saturated carbocycles. The number of rotatable bonds is 11. The molecule has 1 N–H and O–H groups in total. The number of nitrogens with one attached hydrogen (secondary N) is 1. The van der Waals surface area contributed by atoms with E-state index in [2.05, 4.69) is 44.3 Å². The van der Waals surface area contributed by atoms with Gasteiger partial charge in [0.25, 0.3) is 0 Å². The van der Waals surface area contributed by atoms with Gasteiger partial charge in [0, 0.05) is 5.75 Å². The third-order valence-electron chi connectivity index (χ3n) is 4.31. The van der Waals surface area contributed by atoms with Crippen molar-refractivity contribution in [2.75, 3.05) is 11.5 Å². The number of hydrogen-bond donors (Lipinski definition) is 1. The van der Waals surface area contributed by atoms with Crippen molar-refractivity contribution in [2.24, 2.45) is 5.92 Å². The average Bonchev–Trinajstić information content (AvgIpc) is 2.60. The number of carbonyl (C=O) groups excluding carboxylic acids is 2. The molecule has 0 aliphatic rings. The minimum absolute atomic E-state index is 0.0607. The first-order valence-electron chi connectivity index (χ1n) is 10.3. The maximum Gasteiger partial charge on any atom is 0.329 e. The highest BCUT2D eigenvalue weighted by atomic mass is 32.2. The van der Waals surface area contributed by atoms with E-state index in [4.69, 9.17) is 4.74 Å². The van der Waals surface area contributed by atoms with E-state index in [9.17, 15) is 9.59 Å². The highest BCUT2D eigenvalue weighted by Crippen LogP contribution is 2.18. The molecular weight excluding hydrogens is 370 g/mol. The number of esters is 1. The van der Waals surface area contributed by atoms with Gasteiger partial charge in [-0.25, -0.2) is 4.79 Å². The van der Waals surface area contributed by atoms with Crippen molar-refractivity contribution in [1.82, 2.24) is 5.32 Å². The van der Waals surface area contributed by atoms with Crippen LogP contribution < -0.4 is 5.32 Å². The van der Waals surface area contributed by atoms with E-state index >= 15 is 0 Å². The van der Waals surface area contributed by atoms with Crippen molar-refractivity contribution in [2.45, 2.75) is 78.9 Å². The molecule has 5 heteroatoms.